The average molecular weight is 486 g/mol. The van der Waals surface area contributed by atoms with Crippen LogP contribution in [0.3, 0.4) is 0 Å². The van der Waals surface area contributed by atoms with Gasteiger partial charge in [-0.15, -0.1) is 21.5 Å². The van der Waals surface area contributed by atoms with Crippen LogP contribution in [0.15, 0.2) is 29.3 Å². The summed E-state index contributed by atoms with van der Waals surface area (Å²) in [6.07, 6.45) is 3.24. The van der Waals surface area contributed by atoms with E-state index in [1.54, 1.807) is 18.4 Å². The zero-order valence-electron chi connectivity index (χ0n) is 20.8. The molecule has 180 valence electrons. The molecule has 0 bridgehead atoms. The molecule has 7 heteroatoms. The van der Waals surface area contributed by atoms with E-state index in [4.69, 9.17) is 9.73 Å². The molecule has 1 aromatic carbocycles. The maximum Gasteiger partial charge on any atom is 0.163 e. The van der Waals surface area contributed by atoms with Crippen LogP contribution in [0.2, 0.25) is 0 Å². The van der Waals surface area contributed by atoms with Crippen molar-refractivity contribution in [2.75, 3.05) is 26.8 Å². The number of aryl methyl sites for hydroxylation is 2. The number of benzene rings is 1. The molecule has 2 fully saturated rings. The van der Waals surface area contributed by atoms with E-state index in [0.29, 0.717) is 17.9 Å². The number of fused-ring (bicyclic) bond motifs is 3. The van der Waals surface area contributed by atoms with Crippen molar-refractivity contribution in [3.05, 3.63) is 63.0 Å². The molecule has 1 spiro atoms. The van der Waals surface area contributed by atoms with Gasteiger partial charge in [0.15, 0.2) is 5.82 Å². The van der Waals surface area contributed by atoms with Gasteiger partial charge >= 0.3 is 0 Å². The number of aromatic nitrogens is 3. The summed E-state index contributed by atoms with van der Waals surface area (Å²) in [7, 11) is 1.73. The molecular formula is C28H31N5OS. The number of hydrogen-bond acceptors (Lipinski definition) is 6. The summed E-state index contributed by atoms with van der Waals surface area (Å²) in [5.41, 5.74) is 6.21. The summed E-state index contributed by atoms with van der Waals surface area (Å²) in [6, 6.07) is 8.50. The van der Waals surface area contributed by atoms with E-state index < -0.39 is 0 Å². The largest absolute Gasteiger partial charge is 0.385 e. The summed E-state index contributed by atoms with van der Waals surface area (Å²) in [5, 5.41) is 13.5. The van der Waals surface area contributed by atoms with Gasteiger partial charge in [-0.25, -0.2) is 0 Å². The van der Waals surface area contributed by atoms with E-state index >= 15 is 0 Å². The Morgan fingerprint density at radius 3 is 2.60 bits per heavy atom. The molecule has 3 aromatic rings. The highest BCUT2D eigenvalue weighted by atomic mass is 32.1. The summed E-state index contributed by atoms with van der Waals surface area (Å²) in [5.74, 6) is 9.24. The smallest absolute Gasteiger partial charge is 0.163 e. The van der Waals surface area contributed by atoms with E-state index in [1.807, 2.05) is 6.92 Å². The van der Waals surface area contributed by atoms with E-state index in [2.05, 4.69) is 70.0 Å². The Kier molecular flexibility index (Phi) is 5.63. The highest BCUT2D eigenvalue weighted by Crippen LogP contribution is 2.48. The van der Waals surface area contributed by atoms with Crippen molar-refractivity contribution in [3.8, 4) is 16.8 Å². The number of hydrogen-bond donors (Lipinski definition) is 1. The molecule has 1 saturated heterocycles. The van der Waals surface area contributed by atoms with Crippen molar-refractivity contribution < 1.29 is 4.74 Å². The molecule has 3 aliphatic rings. The molecule has 6 nitrogen and oxygen atoms in total. The highest BCUT2D eigenvalue weighted by molar-refractivity contribution is 7.15. The predicted octanol–water partition coefficient (Wildman–Crippen LogP) is 4.53. The molecule has 4 heterocycles. The fraction of sp³-hybridized carbons (Fsp3) is 0.464. The first-order valence-electron chi connectivity index (χ1n) is 12.4. The monoisotopic (exact) mass is 485 g/mol. The molecule has 1 saturated carbocycles. The van der Waals surface area contributed by atoms with Gasteiger partial charge in [0.1, 0.15) is 16.9 Å². The van der Waals surface area contributed by atoms with Gasteiger partial charge in [0.2, 0.25) is 0 Å². The lowest BCUT2D eigenvalue weighted by Crippen LogP contribution is -2.59. The van der Waals surface area contributed by atoms with E-state index in [9.17, 15) is 0 Å². The van der Waals surface area contributed by atoms with Gasteiger partial charge in [-0.05, 0) is 56.7 Å². The second-order valence-corrected chi connectivity index (χ2v) is 11.4. The van der Waals surface area contributed by atoms with Gasteiger partial charge in [-0.1, -0.05) is 24.0 Å². The van der Waals surface area contributed by atoms with Gasteiger partial charge in [0.25, 0.3) is 0 Å². The highest BCUT2D eigenvalue weighted by Gasteiger charge is 2.47. The minimum absolute atomic E-state index is 0.114. The molecule has 2 aliphatic heterocycles. The number of rotatable bonds is 4. The molecule has 0 amide bonds. The van der Waals surface area contributed by atoms with Crippen LogP contribution in [0.4, 0.5) is 0 Å². The fourth-order valence-electron chi connectivity index (χ4n) is 5.56. The van der Waals surface area contributed by atoms with Crippen molar-refractivity contribution in [2.24, 2.45) is 16.3 Å². The van der Waals surface area contributed by atoms with Gasteiger partial charge < -0.3 is 10.1 Å². The lowest BCUT2D eigenvalue weighted by molar-refractivity contribution is 0.0266. The summed E-state index contributed by atoms with van der Waals surface area (Å²) >= 11 is 1.79. The standard InChI is InChI=1S/C28H31N5OS/c1-17-18(2)35-27-24(17)25(30-23(11-12-34-4)26-32-31-19(3)33(26)27)22-9-7-20(8-10-22)5-6-21-13-28(14-21)15-29-16-28/h7-10,21,23,29H,11-16H2,1-4H3/t23-/m0/s1. The van der Waals surface area contributed by atoms with Gasteiger partial charge in [0.05, 0.1) is 5.71 Å². The van der Waals surface area contributed by atoms with Gasteiger partial charge in [-0.3, -0.25) is 9.56 Å². The van der Waals surface area contributed by atoms with Gasteiger partial charge in [0, 0.05) is 60.7 Å². The van der Waals surface area contributed by atoms with Crippen LogP contribution in [0.25, 0.3) is 5.00 Å². The second kappa shape index (κ2) is 8.70. The topological polar surface area (TPSA) is 64.3 Å². The number of methoxy groups -OCH3 is 1. The molecule has 1 atom stereocenters. The van der Waals surface area contributed by atoms with Crippen molar-refractivity contribution in [1.29, 1.82) is 0 Å². The van der Waals surface area contributed by atoms with Crippen LogP contribution in [-0.4, -0.2) is 47.3 Å². The van der Waals surface area contributed by atoms with Crippen molar-refractivity contribution in [1.82, 2.24) is 20.1 Å². The number of thiophene rings is 1. The lowest BCUT2D eigenvalue weighted by Gasteiger charge is -2.53. The Balaban J connectivity index is 1.35. The first-order chi connectivity index (χ1) is 17.0. The first-order valence-corrected chi connectivity index (χ1v) is 13.2. The molecule has 2 aromatic heterocycles. The fourth-order valence-corrected chi connectivity index (χ4v) is 6.78. The Morgan fingerprint density at radius 1 is 1.14 bits per heavy atom. The molecule has 1 aliphatic carbocycles. The maximum atomic E-state index is 5.41. The number of ether oxygens (including phenoxy) is 1. The Morgan fingerprint density at radius 2 is 1.91 bits per heavy atom. The van der Waals surface area contributed by atoms with Crippen LogP contribution in [0, 0.1) is 43.9 Å². The van der Waals surface area contributed by atoms with Gasteiger partial charge in [-0.2, -0.15) is 0 Å². The molecule has 35 heavy (non-hydrogen) atoms. The molecule has 0 unspecified atom stereocenters. The Labute approximate surface area is 210 Å². The minimum atomic E-state index is -0.114. The quantitative estimate of drug-likeness (QED) is 0.552. The second-order valence-electron chi connectivity index (χ2n) is 10.2. The zero-order chi connectivity index (χ0) is 24.2. The third kappa shape index (κ3) is 3.85. The number of nitrogens with one attached hydrogen (secondary N) is 1. The third-order valence-electron chi connectivity index (χ3n) is 7.77. The summed E-state index contributed by atoms with van der Waals surface area (Å²) in [4.78, 5) is 6.58. The van der Waals surface area contributed by atoms with Crippen LogP contribution < -0.4 is 5.32 Å². The minimum Gasteiger partial charge on any atom is -0.385 e. The molecule has 1 N–H and O–H groups in total. The summed E-state index contributed by atoms with van der Waals surface area (Å²) < 4.78 is 7.60. The zero-order valence-corrected chi connectivity index (χ0v) is 21.6. The van der Waals surface area contributed by atoms with Crippen LogP contribution >= 0.6 is 11.3 Å². The SMILES string of the molecule is COCC[C@@H]1N=C(c2ccc(C#CC3CC4(CNC4)C3)cc2)c2c(sc(C)c2C)-n2c(C)nnc21. The van der Waals surface area contributed by atoms with Crippen molar-refractivity contribution >= 4 is 17.0 Å². The lowest BCUT2D eigenvalue weighted by atomic mass is 9.59. The van der Waals surface area contributed by atoms with Crippen molar-refractivity contribution in [2.45, 2.75) is 46.1 Å². The summed E-state index contributed by atoms with van der Waals surface area (Å²) in [6.45, 7) is 9.35. The number of aliphatic imine (C=N–C) groups is 1. The molecule has 6 rings (SSSR count). The van der Waals surface area contributed by atoms with E-state index in [-0.39, 0.29) is 6.04 Å². The number of nitrogens with zero attached hydrogens (tertiary/aromatic N) is 4. The Bertz CT molecular complexity index is 1360. The van der Waals surface area contributed by atoms with Crippen LogP contribution in [0.1, 0.15) is 64.1 Å². The Hall–Kier alpha value is -2.79. The van der Waals surface area contributed by atoms with Crippen LogP contribution in [0.5, 0.6) is 0 Å². The third-order valence-corrected chi connectivity index (χ3v) is 8.97. The first kappa shape index (κ1) is 22.7. The average Bonchev–Trinajstić information content (AvgIpc) is 3.27. The van der Waals surface area contributed by atoms with E-state index in [0.717, 1.165) is 39.9 Å². The molecular weight excluding hydrogens is 454 g/mol. The predicted molar refractivity (Wildman–Crippen MR) is 140 cm³/mol. The van der Waals surface area contributed by atoms with E-state index in [1.165, 1.54) is 41.9 Å². The van der Waals surface area contributed by atoms with Crippen molar-refractivity contribution in [3.63, 3.8) is 0 Å². The normalized spacial score (nSPS) is 20.1. The van der Waals surface area contributed by atoms with Crippen LogP contribution in [-0.2, 0) is 4.74 Å². The maximum absolute atomic E-state index is 5.41. The molecule has 0 radical (unpaired) electrons.